The quantitative estimate of drug-likeness (QED) is 0.838. The fourth-order valence-electron chi connectivity index (χ4n) is 3.26. The zero-order valence-electron chi connectivity index (χ0n) is 14.2. The van der Waals surface area contributed by atoms with Gasteiger partial charge in [0.15, 0.2) is 0 Å². The predicted molar refractivity (Wildman–Crippen MR) is 91.8 cm³/mol. The summed E-state index contributed by atoms with van der Waals surface area (Å²) in [7, 11) is 0. The normalized spacial score (nSPS) is 19.1. The molecule has 0 aliphatic carbocycles. The number of piperidine rings is 1. The van der Waals surface area contributed by atoms with Crippen LogP contribution in [0.25, 0.3) is 0 Å². The minimum atomic E-state index is 0.453. The molecule has 1 atom stereocenters. The molecule has 0 bridgehead atoms. The van der Waals surface area contributed by atoms with E-state index >= 15 is 0 Å². The first-order chi connectivity index (χ1) is 10.1. The average Bonchev–Trinajstić information content (AvgIpc) is 2.49. The molecular weight excluding hydrogens is 256 g/mol. The molecule has 2 heteroatoms. The number of nitrogens with zero attached hydrogens (tertiary/aromatic N) is 1. The third kappa shape index (κ3) is 4.82. The van der Waals surface area contributed by atoms with Crippen molar-refractivity contribution in [2.24, 2.45) is 0 Å². The van der Waals surface area contributed by atoms with Gasteiger partial charge in [-0.2, -0.15) is 0 Å². The first-order valence-electron chi connectivity index (χ1n) is 8.68. The van der Waals surface area contributed by atoms with Crippen LogP contribution in [-0.2, 0) is 0 Å². The Morgan fingerprint density at radius 1 is 1.05 bits per heavy atom. The van der Waals surface area contributed by atoms with Crippen LogP contribution in [0, 0.1) is 0 Å². The molecule has 0 spiro atoms. The Bertz CT molecular complexity index is 402. The van der Waals surface area contributed by atoms with Crippen LogP contribution in [0.3, 0.4) is 0 Å². The number of hydrogen-bond acceptors (Lipinski definition) is 2. The fraction of sp³-hybridized carbons (Fsp3) is 0.684. The van der Waals surface area contributed by atoms with Crippen molar-refractivity contribution in [1.82, 2.24) is 10.2 Å². The summed E-state index contributed by atoms with van der Waals surface area (Å²) in [6, 6.07) is 10.3. The second-order valence-electron chi connectivity index (χ2n) is 6.83. The maximum absolute atomic E-state index is 3.82. The number of rotatable bonds is 6. The van der Waals surface area contributed by atoms with Crippen molar-refractivity contribution in [2.45, 2.75) is 65.0 Å². The highest BCUT2D eigenvalue weighted by molar-refractivity contribution is 5.26. The van der Waals surface area contributed by atoms with Crippen molar-refractivity contribution >= 4 is 0 Å². The van der Waals surface area contributed by atoms with E-state index in [4.69, 9.17) is 0 Å². The van der Waals surface area contributed by atoms with E-state index in [0.717, 1.165) is 0 Å². The zero-order chi connectivity index (χ0) is 15.2. The van der Waals surface area contributed by atoms with Gasteiger partial charge in [-0.3, -0.25) is 0 Å². The van der Waals surface area contributed by atoms with Gasteiger partial charge in [-0.1, -0.05) is 45.0 Å². The monoisotopic (exact) mass is 288 g/mol. The van der Waals surface area contributed by atoms with Gasteiger partial charge < -0.3 is 10.2 Å². The molecule has 0 radical (unpaired) electrons. The van der Waals surface area contributed by atoms with E-state index in [2.05, 4.69) is 62.2 Å². The van der Waals surface area contributed by atoms with Crippen LogP contribution in [0.5, 0.6) is 0 Å². The van der Waals surface area contributed by atoms with E-state index < -0.39 is 0 Å². The van der Waals surface area contributed by atoms with Crippen LogP contribution in [0.2, 0.25) is 0 Å². The lowest BCUT2D eigenvalue weighted by Gasteiger charge is -2.33. The molecule has 1 aromatic rings. The molecule has 1 aliphatic heterocycles. The molecule has 1 aliphatic rings. The maximum Gasteiger partial charge on any atom is 0.0294 e. The first kappa shape index (κ1) is 16.5. The Hall–Kier alpha value is -0.860. The Kier molecular flexibility index (Phi) is 6.25. The van der Waals surface area contributed by atoms with E-state index in [1.54, 1.807) is 0 Å². The van der Waals surface area contributed by atoms with E-state index in [1.165, 1.54) is 50.0 Å². The fourth-order valence-corrected chi connectivity index (χ4v) is 3.26. The molecule has 1 heterocycles. The SMILES string of the molecule is CCCN1CCC(NC(C)c2ccc(C(C)C)cc2)CC1. The molecule has 1 saturated heterocycles. The lowest BCUT2D eigenvalue weighted by molar-refractivity contribution is 0.192. The maximum atomic E-state index is 3.82. The molecular formula is C19H32N2. The predicted octanol–water partition coefficient (Wildman–Crippen LogP) is 4.34. The van der Waals surface area contributed by atoms with Crippen LogP contribution in [0.4, 0.5) is 0 Å². The van der Waals surface area contributed by atoms with Crippen LogP contribution < -0.4 is 5.32 Å². The summed E-state index contributed by atoms with van der Waals surface area (Å²) < 4.78 is 0. The summed E-state index contributed by atoms with van der Waals surface area (Å²) in [6.45, 7) is 12.8. The summed E-state index contributed by atoms with van der Waals surface area (Å²) in [5.41, 5.74) is 2.84. The van der Waals surface area contributed by atoms with Gasteiger partial charge in [0.1, 0.15) is 0 Å². The lowest BCUT2D eigenvalue weighted by atomic mass is 9.98. The molecule has 21 heavy (non-hydrogen) atoms. The highest BCUT2D eigenvalue weighted by atomic mass is 15.1. The second kappa shape index (κ2) is 7.95. The van der Waals surface area contributed by atoms with Gasteiger partial charge in [-0.05, 0) is 62.9 Å². The van der Waals surface area contributed by atoms with Gasteiger partial charge in [-0.15, -0.1) is 0 Å². The molecule has 1 fully saturated rings. The van der Waals surface area contributed by atoms with E-state index in [1.807, 2.05) is 0 Å². The number of nitrogens with one attached hydrogen (secondary N) is 1. The second-order valence-corrected chi connectivity index (χ2v) is 6.83. The van der Waals surface area contributed by atoms with Crippen LogP contribution >= 0.6 is 0 Å². The highest BCUT2D eigenvalue weighted by Crippen LogP contribution is 2.20. The van der Waals surface area contributed by atoms with Crippen molar-refractivity contribution < 1.29 is 0 Å². The third-order valence-electron chi connectivity index (χ3n) is 4.72. The van der Waals surface area contributed by atoms with Gasteiger partial charge in [0, 0.05) is 12.1 Å². The van der Waals surface area contributed by atoms with Crippen molar-refractivity contribution in [1.29, 1.82) is 0 Å². The smallest absolute Gasteiger partial charge is 0.0294 e. The van der Waals surface area contributed by atoms with Gasteiger partial charge in [0.05, 0.1) is 0 Å². The van der Waals surface area contributed by atoms with Crippen molar-refractivity contribution in [3.05, 3.63) is 35.4 Å². The first-order valence-corrected chi connectivity index (χ1v) is 8.68. The van der Waals surface area contributed by atoms with Crippen LogP contribution in [0.1, 0.15) is 70.0 Å². The van der Waals surface area contributed by atoms with E-state index in [-0.39, 0.29) is 0 Å². The molecule has 0 aromatic heterocycles. The van der Waals surface area contributed by atoms with E-state index in [0.29, 0.717) is 18.0 Å². The summed E-state index contributed by atoms with van der Waals surface area (Å²) in [4.78, 5) is 2.60. The molecule has 1 N–H and O–H groups in total. The van der Waals surface area contributed by atoms with Gasteiger partial charge in [0.25, 0.3) is 0 Å². The Morgan fingerprint density at radius 2 is 1.62 bits per heavy atom. The largest absolute Gasteiger partial charge is 0.307 e. The van der Waals surface area contributed by atoms with Crippen molar-refractivity contribution in [3.8, 4) is 0 Å². The minimum Gasteiger partial charge on any atom is -0.307 e. The Balaban J connectivity index is 1.83. The molecule has 0 amide bonds. The molecule has 0 saturated carbocycles. The number of benzene rings is 1. The van der Waals surface area contributed by atoms with Crippen molar-refractivity contribution in [3.63, 3.8) is 0 Å². The third-order valence-corrected chi connectivity index (χ3v) is 4.72. The summed E-state index contributed by atoms with van der Waals surface area (Å²) in [5.74, 6) is 0.616. The van der Waals surface area contributed by atoms with Crippen molar-refractivity contribution in [2.75, 3.05) is 19.6 Å². The summed E-state index contributed by atoms with van der Waals surface area (Å²) in [6.07, 6.45) is 3.85. The Morgan fingerprint density at radius 3 is 2.14 bits per heavy atom. The molecule has 2 rings (SSSR count). The standard InChI is InChI=1S/C19H32N2/c1-5-12-21-13-10-19(11-14-21)20-16(4)18-8-6-17(7-9-18)15(2)3/h6-9,15-16,19-20H,5,10-14H2,1-4H3. The summed E-state index contributed by atoms with van der Waals surface area (Å²) >= 11 is 0. The number of likely N-dealkylation sites (tertiary alicyclic amines) is 1. The van der Waals surface area contributed by atoms with Crippen LogP contribution in [-0.4, -0.2) is 30.6 Å². The molecule has 1 unspecified atom stereocenters. The van der Waals surface area contributed by atoms with Gasteiger partial charge in [0.2, 0.25) is 0 Å². The summed E-state index contributed by atoms with van der Waals surface area (Å²) in [5, 5.41) is 3.82. The van der Waals surface area contributed by atoms with E-state index in [9.17, 15) is 0 Å². The number of hydrogen-bond donors (Lipinski definition) is 1. The Labute approximate surface area is 130 Å². The molecule has 1 aromatic carbocycles. The molecule has 2 nitrogen and oxygen atoms in total. The highest BCUT2D eigenvalue weighted by Gasteiger charge is 2.20. The lowest BCUT2D eigenvalue weighted by Crippen LogP contribution is -2.43. The minimum absolute atomic E-state index is 0.453. The van der Waals surface area contributed by atoms with Gasteiger partial charge in [-0.25, -0.2) is 0 Å². The molecule has 118 valence electrons. The topological polar surface area (TPSA) is 15.3 Å². The van der Waals surface area contributed by atoms with Gasteiger partial charge >= 0.3 is 0 Å². The zero-order valence-corrected chi connectivity index (χ0v) is 14.2. The van der Waals surface area contributed by atoms with Crippen LogP contribution in [0.15, 0.2) is 24.3 Å². The average molecular weight is 288 g/mol.